The summed E-state index contributed by atoms with van der Waals surface area (Å²) < 4.78 is 9.49. The van der Waals surface area contributed by atoms with Gasteiger partial charge in [-0.15, -0.1) is 6.58 Å². The van der Waals surface area contributed by atoms with Crippen LogP contribution in [0.15, 0.2) is 124 Å². The molecule has 6 heterocycles. The number of aromatic nitrogens is 8. The number of nitrogens with one attached hydrogen (secondary N) is 4. The van der Waals surface area contributed by atoms with Crippen molar-refractivity contribution in [2.75, 3.05) is 13.2 Å². The van der Waals surface area contributed by atoms with Crippen LogP contribution in [0.3, 0.4) is 0 Å². The highest BCUT2D eigenvalue weighted by atomic mass is 79.9. The average molecular weight is 994 g/mol. The summed E-state index contributed by atoms with van der Waals surface area (Å²) >= 11 is 3.42. The number of amides is 2. The summed E-state index contributed by atoms with van der Waals surface area (Å²) in [5, 5.41) is 39.9. The number of nitrogens with zero attached hydrogens (tertiary/aromatic N) is 6. The van der Waals surface area contributed by atoms with Crippen molar-refractivity contribution in [2.45, 2.75) is 75.3 Å². The molecule has 18 heteroatoms. The fourth-order valence-electron chi connectivity index (χ4n) is 11.1. The zero-order valence-corrected chi connectivity index (χ0v) is 39.0. The number of pyridine rings is 2. The topological polar surface area (TPSA) is 231 Å². The van der Waals surface area contributed by atoms with Crippen LogP contribution in [0.4, 0.5) is 0 Å². The van der Waals surface area contributed by atoms with E-state index in [4.69, 9.17) is 9.84 Å². The van der Waals surface area contributed by atoms with Crippen molar-refractivity contribution in [1.29, 1.82) is 0 Å². The lowest BCUT2D eigenvalue weighted by Crippen LogP contribution is -2.55. The lowest BCUT2D eigenvalue weighted by molar-refractivity contribution is -0.109. The molecule has 6 aromatic heterocycles. The molecule has 2 spiro atoms. The van der Waals surface area contributed by atoms with Crippen molar-refractivity contribution in [3.05, 3.63) is 158 Å². The van der Waals surface area contributed by atoms with Gasteiger partial charge in [0.1, 0.15) is 12.4 Å². The minimum absolute atomic E-state index is 0.0289. The van der Waals surface area contributed by atoms with E-state index in [2.05, 4.69) is 63.7 Å². The van der Waals surface area contributed by atoms with Crippen molar-refractivity contribution < 1.29 is 24.2 Å². The summed E-state index contributed by atoms with van der Waals surface area (Å²) in [4.78, 5) is 60.2. The van der Waals surface area contributed by atoms with Gasteiger partial charge in [0.2, 0.25) is 0 Å². The quantitative estimate of drug-likeness (QED) is 0.0728. The van der Waals surface area contributed by atoms with Crippen LogP contribution in [0, 0.1) is 10.8 Å². The molecule has 0 aliphatic heterocycles. The highest BCUT2D eigenvalue weighted by molar-refractivity contribution is 9.10. The zero-order chi connectivity index (χ0) is 47.9. The minimum atomic E-state index is -0.155. The second-order valence-electron chi connectivity index (χ2n) is 18.8. The van der Waals surface area contributed by atoms with Crippen molar-refractivity contribution in [3.63, 3.8) is 0 Å². The number of hydrogen-bond donors (Lipinski definition) is 5. The first-order valence-corrected chi connectivity index (χ1v) is 23.7. The Labute approximate surface area is 402 Å². The van der Waals surface area contributed by atoms with Gasteiger partial charge in [0.25, 0.3) is 22.9 Å². The maximum Gasteiger partial charge on any atom is 0.272 e. The Morgan fingerprint density at radius 1 is 0.710 bits per heavy atom. The Bertz CT molecular complexity index is 3390. The number of carbonyl (C=O) groups is 3. The number of fused-ring (bicyclic) bond motifs is 4. The van der Waals surface area contributed by atoms with Crippen LogP contribution in [-0.4, -0.2) is 88.1 Å². The summed E-state index contributed by atoms with van der Waals surface area (Å²) in [6.07, 6.45) is 16.8. The third-order valence-electron chi connectivity index (χ3n) is 14.2. The molecule has 4 saturated carbocycles. The second-order valence-corrected chi connectivity index (χ2v) is 19.7. The van der Waals surface area contributed by atoms with Gasteiger partial charge in [-0.1, -0.05) is 42.5 Å². The highest BCUT2D eigenvalue weighted by Crippen LogP contribution is 2.63. The molecular formula is C51H49BrN10O7. The molecular weight excluding hydrogens is 945 g/mol. The number of aromatic amines is 2. The van der Waals surface area contributed by atoms with Crippen LogP contribution in [-0.2, 0) is 4.79 Å². The van der Waals surface area contributed by atoms with Gasteiger partial charge < -0.3 is 20.5 Å². The molecule has 0 saturated heterocycles. The Morgan fingerprint density at radius 2 is 1.16 bits per heavy atom. The van der Waals surface area contributed by atoms with E-state index in [0.29, 0.717) is 51.3 Å². The van der Waals surface area contributed by atoms with Crippen LogP contribution < -0.4 is 26.5 Å². The number of rotatable bonds is 10. The van der Waals surface area contributed by atoms with Crippen LogP contribution in [0.1, 0.15) is 95.3 Å². The highest BCUT2D eigenvalue weighted by Gasteiger charge is 2.55. The molecule has 69 heavy (non-hydrogen) atoms. The fourth-order valence-corrected chi connectivity index (χ4v) is 11.4. The third-order valence-corrected chi connectivity index (χ3v) is 14.7. The number of carbonyl (C=O) groups excluding carboxylic acids is 3. The van der Waals surface area contributed by atoms with Crippen LogP contribution >= 0.6 is 15.9 Å². The van der Waals surface area contributed by atoms with Gasteiger partial charge in [0, 0.05) is 45.4 Å². The number of benzene rings is 2. The van der Waals surface area contributed by atoms with E-state index >= 15 is 0 Å². The Hall–Kier alpha value is -7.31. The Morgan fingerprint density at radius 3 is 1.62 bits per heavy atom. The summed E-state index contributed by atoms with van der Waals surface area (Å²) in [7, 11) is 0. The number of H-pyrrole nitrogens is 2. The van der Waals surface area contributed by atoms with Crippen molar-refractivity contribution in [1.82, 2.24) is 50.3 Å². The van der Waals surface area contributed by atoms with Crippen LogP contribution in [0.5, 0.6) is 5.75 Å². The van der Waals surface area contributed by atoms with Crippen molar-refractivity contribution in [2.24, 2.45) is 10.8 Å². The van der Waals surface area contributed by atoms with Gasteiger partial charge in [-0.05, 0) is 115 Å². The van der Waals surface area contributed by atoms with Gasteiger partial charge in [-0.3, -0.25) is 24.0 Å². The first kappa shape index (κ1) is 45.5. The first-order valence-electron chi connectivity index (χ1n) is 22.9. The van der Waals surface area contributed by atoms with Crippen LogP contribution in [0.25, 0.3) is 32.6 Å². The number of aldehydes is 1. The van der Waals surface area contributed by atoms with Gasteiger partial charge in [0.05, 0.1) is 69.5 Å². The van der Waals surface area contributed by atoms with E-state index in [0.717, 1.165) is 83.5 Å². The first-order chi connectivity index (χ1) is 33.5. The smallest absolute Gasteiger partial charge is 0.272 e. The molecule has 17 nitrogen and oxygen atoms in total. The summed E-state index contributed by atoms with van der Waals surface area (Å²) in [6, 6.07) is 22.9. The van der Waals surface area contributed by atoms with E-state index in [1.807, 2.05) is 66.9 Å². The molecule has 8 aromatic rings. The van der Waals surface area contributed by atoms with E-state index in [-0.39, 0.29) is 59.1 Å². The number of ether oxygens (including phenoxy) is 1. The molecule has 0 unspecified atom stereocenters. The molecule has 5 N–H and O–H groups in total. The standard InChI is InChI=1S/C25H23N5O4.C23H20BrN5O2.C3H6O/c31-7-8-34-17-5-6-21-20(13-26-30(21)14-17)23(32)27-16-11-25(12-16)9-15(10-25)22-18-3-1-2-4-19(18)24(33)29-28-22;24-14-5-6-19-18(11-25-29(19)12-14)21(30)26-15-9-23(10-15)7-13(8-23)20-16-3-1-2-4-17(16)22(31)28-27-20;1-2-3-4/h1-7,13-16H,8-12H2,(H,27,32)(H,29,33);1-6,11-13,15H,7-10H2,(H,26,30)(H,28,31);2,4H,1,3H2. The predicted octanol–water partition coefficient (Wildman–Crippen LogP) is 6.56. The fraction of sp³-hybridized carbons (Fsp3) is 0.314. The molecule has 4 fully saturated rings. The number of hydrogen-bond acceptors (Lipinski definition) is 11. The molecule has 0 atom stereocenters. The average Bonchev–Trinajstić information content (AvgIpc) is 3.94. The molecule has 4 aliphatic rings. The van der Waals surface area contributed by atoms with Gasteiger partial charge >= 0.3 is 0 Å². The molecule has 2 aromatic carbocycles. The van der Waals surface area contributed by atoms with E-state index in [1.54, 1.807) is 39.8 Å². The number of aliphatic hydroxyl groups is 1. The van der Waals surface area contributed by atoms with E-state index in [1.165, 1.54) is 6.08 Å². The molecule has 4 aliphatic carbocycles. The summed E-state index contributed by atoms with van der Waals surface area (Å²) in [5.74, 6) is 0.993. The SMILES string of the molecule is C=CCO.O=C(NC1CC2(C1)CC(c1n[nH]c(=O)c3ccccc13)C2)c1cnn2cc(Br)ccc12.O=CCOc1ccc2c(C(=O)NC3CC4(C3)CC(c3n[nH]c(=O)c5ccccc35)C4)cnn2c1. The van der Waals surface area contributed by atoms with Crippen molar-refractivity contribution in [3.8, 4) is 5.75 Å². The van der Waals surface area contributed by atoms with Crippen LogP contribution in [0.2, 0.25) is 0 Å². The van der Waals surface area contributed by atoms with Gasteiger partial charge in [-0.25, -0.2) is 19.2 Å². The maximum absolute atomic E-state index is 12.9. The molecule has 352 valence electrons. The summed E-state index contributed by atoms with van der Waals surface area (Å²) in [6.45, 7) is 3.28. The minimum Gasteiger partial charge on any atom is -0.485 e. The van der Waals surface area contributed by atoms with Crippen molar-refractivity contribution >= 4 is 66.6 Å². The van der Waals surface area contributed by atoms with Gasteiger partial charge in [0.15, 0.2) is 6.29 Å². The van der Waals surface area contributed by atoms with E-state index in [9.17, 15) is 24.0 Å². The van der Waals surface area contributed by atoms with Gasteiger partial charge in [-0.2, -0.15) is 20.4 Å². The molecule has 0 bridgehead atoms. The maximum atomic E-state index is 12.9. The van der Waals surface area contributed by atoms with E-state index < -0.39 is 0 Å². The zero-order valence-electron chi connectivity index (χ0n) is 37.4. The largest absolute Gasteiger partial charge is 0.485 e. The second kappa shape index (κ2) is 18.6. The monoisotopic (exact) mass is 992 g/mol. The Balaban J connectivity index is 0.000000149. The molecule has 0 radical (unpaired) electrons. The lowest BCUT2D eigenvalue weighted by Gasteiger charge is -2.57. The lowest BCUT2D eigenvalue weighted by atomic mass is 9.49. The normalized spacial score (nSPS) is 23.0. The molecule has 2 amide bonds. The summed E-state index contributed by atoms with van der Waals surface area (Å²) in [5.41, 5.74) is 4.79. The third kappa shape index (κ3) is 8.85. The number of aliphatic hydroxyl groups excluding tert-OH is 1. The predicted molar refractivity (Wildman–Crippen MR) is 261 cm³/mol. The number of halogens is 1. The Kier molecular flexibility index (Phi) is 12.3. The molecule has 12 rings (SSSR count).